The molecule has 3 aromatic rings. The number of hydrogen-bond donors (Lipinski definition) is 2. The fraction of sp³-hybridized carbons (Fsp3) is 0.167. The molecule has 0 unspecified atom stereocenters. The summed E-state index contributed by atoms with van der Waals surface area (Å²) in [6, 6.07) is 15.3. The molecule has 6 nitrogen and oxygen atoms in total. The number of carbonyl (C=O) groups is 1. The number of nitrogens with one attached hydrogen (secondary N) is 2. The topological polar surface area (TPSA) is 80.0 Å². The number of benzene rings is 2. The number of aromatic nitrogens is 2. The lowest BCUT2D eigenvalue weighted by molar-refractivity contribution is -0.114. The van der Waals surface area contributed by atoms with E-state index in [-0.39, 0.29) is 5.91 Å². The van der Waals surface area contributed by atoms with Gasteiger partial charge in [0.15, 0.2) is 5.82 Å². The second kappa shape index (κ2) is 6.95. The van der Waals surface area contributed by atoms with Crippen LogP contribution in [0.15, 0.2) is 53.1 Å². The Balaban J connectivity index is 1.70. The Kier molecular flexibility index (Phi) is 4.56. The number of carbonyl (C=O) groups excluding carboxylic acids is 1. The van der Waals surface area contributed by atoms with E-state index in [1.165, 1.54) is 6.92 Å². The smallest absolute Gasteiger partial charge is 0.257 e. The van der Waals surface area contributed by atoms with Crippen LogP contribution in [0.5, 0.6) is 0 Å². The molecule has 1 heterocycles. The predicted octanol–water partition coefficient (Wildman–Crippen LogP) is 3.62. The molecule has 0 saturated carbocycles. The van der Waals surface area contributed by atoms with Gasteiger partial charge in [-0.3, -0.25) is 4.79 Å². The molecule has 0 atom stereocenters. The maximum Gasteiger partial charge on any atom is 0.257 e. The molecule has 0 bridgehead atoms. The quantitative estimate of drug-likeness (QED) is 0.750. The largest absolute Gasteiger partial charge is 0.377 e. The zero-order valence-corrected chi connectivity index (χ0v) is 13.5. The van der Waals surface area contributed by atoms with E-state index in [2.05, 4.69) is 20.8 Å². The summed E-state index contributed by atoms with van der Waals surface area (Å²) < 4.78 is 5.29. The van der Waals surface area contributed by atoms with Crippen LogP contribution in [0.4, 0.5) is 11.4 Å². The highest BCUT2D eigenvalue weighted by atomic mass is 16.5. The summed E-state index contributed by atoms with van der Waals surface area (Å²) in [5, 5.41) is 10.1. The molecule has 3 rings (SSSR count). The first kappa shape index (κ1) is 15.7. The Morgan fingerprint density at radius 2 is 1.83 bits per heavy atom. The maximum atomic E-state index is 11.2. The van der Waals surface area contributed by atoms with Crippen LogP contribution in [-0.2, 0) is 11.3 Å². The minimum absolute atomic E-state index is 0.0964. The Morgan fingerprint density at radius 3 is 2.58 bits per heavy atom. The van der Waals surface area contributed by atoms with E-state index in [1.54, 1.807) is 0 Å². The van der Waals surface area contributed by atoms with Gasteiger partial charge in [0, 0.05) is 23.9 Å². The highest BCUT2D eigenvalue weighted by Gasteiger charge is 2.09. The van der Waals surface area contributed by atoms with E-state index in [4.69, 9.17) is 4.52 Å². The second-order valence-corrected chi connectivity index (χ2v) is 5.39. The second-order valence-electron chi connectivity index (χ2n) is 5.39. The van der Waals surface area contributed by atoms with Gasteiger partial charge in [-0.15, -0.1) is 0 Å². The lowest BCUT2D eigenvalue weighted by Crippen LogP contribution is -2.09. The third-order valence-electron chi connectivity index (χ3n) is 3.57. The first-order valence-corrected chi connectivity index (χ1v) is 7.62. The van der Waals surface area contributed by atoms with E-state index in [9.17, 15) is 4.79 Å². The van der Waals surface area contributed by atoms with E-state index in [0.29, 0.717) is 18.3 Å². The van der Waals surface area contributed by atoms with Crippen molar-refractivity contribution in [3.8, 4) is 11.5 Å². The van der Waals surface area contributed by atoms with E-state index in [1.807, 2.05) is 55.5 Å². The molecule has 0 fully saturated rings. The molecule has 0 saturated heterocycles. The third kappa shape index (κ3) is 3.60. The maximum absolute atomic E-state index is 11.2. The van der Waals surface area contributed by atoms with Crippen LogP contribution in [0.25, 0.3) is 11.5 Å². The van der Waals surface area contributed by atoms with Crippen LogP contribution >= 0.6 is 0 Å². The summed E-state index contributed by atoms with van der Waals surface area (Å²) in [7, 11) is 0. The molecule has 0 aliphatic rings. The zero-order valence-electron chi connectivity index (χ0n) is 13.5. The van der Waals surface area contributed by atoms with E-state index in [0.717, 1.165) is 22.5 Å². The summed E-state index contributed by atoms with van der Waals surface area (Å²) in [6.07, 6.45) is 0. The summed E-state index contributed by atoms with van der Waals surface area (Å²) in [4.78, 5) is 15.6. The summed E-state index contributed by atoms with van der Waals surface area (Å²) in [5.41, 5.74) is 3.54. The molecule has 2 N–H and O–H groups in total. The summed E-state index contributed by atoms with van der Waals surface area (Å²) in [6.45, 7) is 3.86. The fourth-order valence-electron chi connectivity index (χ4n) is 2.35. The lowest BCUT2D eigenvalue weighted by Gasteiger charge is -2.12. The first-order valence-electron chi connectivity index (χ1n) is 7.62. The molecular weight excluding hydrogens is 304 g/mol. The lowest BCUT2D eigenvalue weighted by atomic mass is 10.1. The monoisotopic (exact) mass is 322 g/mol. The molecule has 0 aliphatic carbocycles. The van der Waals surface area contributed by atoms with Gasteiger partial charge in [-0.1, -0.05) is 29.4 Å². The molecule has 1 aromatic heterocycles. The molecule has 24 heavy (non-hydrogen) atoms. The van der Waals surface area contributed by atoms with Crippen LogP contribution in [-0.4, -0.2) is 16.0 Å². The fourth-order valence-corrected chi connectivity index (χ4v) is 2.35. The summed E-state index contributed by atoms with van der Waals surface area (Å²) in [5.74, 6) is 0.968. The van der Waals surface area contributed by atoms with Crippen molar-refractivity contribution in [3.05, 3.63) is 59.9 Å². The molecule has 0 aliphatic heterocycles. The van der Waals surface area contributed by atoms with Gasteiger partial charge in [0.25, 0.3) is 5.89 Å². The highest BCUT2D eigenvalue weighted by Crippen LogP contribution is 2.24. The van der Waals surface area contributed by atoms with Crippen molar-refractivity contribution in [2.24, 2.45) is 0 Å². The van der Waals surface area contributed by atoms with Gasteiger partial charge < -0.3 is 15.2 Å². The van der Waals surface area contributed by atoms with Gasteiger partial charge in [0.2, 0.25) is 5.91 Å². The minimum Gasteiger partial charge on any atom is -0.377 e. The van der Waals surface area contributed by atoms with Gasteiger partial charge in [-0.25, -0.2) is 0 Å². The van der Waals surface area contributed by atoms with Crippen LogP contribution in [0.3, 0.4) is 0 Å². The van der Waals surface area contributed by atoms with Crippen molar-refractivity contribution < 1.29 is 9.32 Å². The van der Waals surface area contributed by atoms with E-state index < -0.39 is 0 Å². The zero-order chi connectivity index (χ0) is 16.9. The highest BCUT2D eigenvalue weighted by molar-refractivity contribution is 5.90. The Labute approximate surface area is 139 Å². The van der Waals surface area contributed by atoms with Crippen LogP contribution < -0.4 is 10.6 Å². The van der Waals surface area contributed by atoms with E-state index >= 15 is 0 Å². The molecular formula is C18H18N4O2. The van der Waals surface area contributed by atoms with Crippen LogP contribution in [0.1, 0.15) is 18.3 Å². The number of anilines is 2. The van der Waals surface area contributed by atoms with Gasteiger partial charge in [-0.05, 0) is 36.8 Å². The number of amides is 1. The predicted molar refractivity (Wildman–Crippen MR) is 92.5 cm³/mol. The van der Waals surface area contributed by atoms with Crippen molar-refractivity contribution in [1.29, 1.82) is 0 Å². The van der Waals surface area contributed by atoms with Gasteiger partial charge in [0.1, 0.15) is 0 Å². The SMILES string of the molecule is CC(=O)Nc1cccc(NCc2noc(-c3ccccc3)n2)c1C. The van der Waals surface area contributed by atoms with Crippen molar-refractivity contribution in [1.82, 2.24) is 10.1 Å². The van der Waals surface area contributed by atoms with Gasteiger partial charge in [0.05, 0.1) is 6.54 Å². The van der Waals surface area contributed by atoms with Crippen molar-refractivity contribution in [3.63, 3.8) is 0 Å². The number of rotatable bonds is 5. The Bertz CT molecular complexity index is 843. The van der Waals surface area contributed by atoms with Crippen LogP contribution in [0, 0.1) is 6.92 Å². The Morgan fingerprint density at radius 1 is 1.08 bits per heavy atom. The molecule has 6 heteroatoms. The van der Waals surface area contributed by atoms with Crippen molar-refractivity contribution in [2.75, 3.05) is 10.6 Å². The average molecular weight is 322 g/mol. The normalized spacial score (nSPS) is 10.4. The standard InChI is InChI=1S/C18H18N4O2/c1-12-15(9-6-10-16(12)20-13(2)23)19-11-17-21-18(24-22-17)14-7-4-3-5-8-14/h3-10,19H,11H2,1-2H3,(H,20,23). The first-order chi connectivity index (χ1) is 11.6. The Hall–Kier alpha value is -3.15. The van der Waals surface area contributed by atoms with Crippen molar-refractivity contribution >= 4 is 17.3 Å². The average Bonchev–Trinajstić information content (AvgIpc) is 3.05. The molecule has 122 valence electrons. The number of hydrogen-bond acceptors (Lipinski definition) is 5. The van der Waals surface area contributed by atoms with Crippen molar-refractivity contribution in [2.45, 2.75) is 20.4 Å². The minimum atomic E-state index is -0.0964. The summed E-state index contributed by atoms with van der Waals surface area (Å²) >= 11 is 0. The van der Waals surface area contributed by atoms with Gasteiger partial charge in [-0.2, -0.15) is 4.98 Å². The third-order valence-corrected chi connectivity index (χ3v) is 3.57. The van der Waals surface area contributed by atoms with Crippen LogP contribution in [0.2, 0.25) is 0 Å². The molecule has 1 amide bonds. The molecule has 2 aromatic carbocycles. The number of nitrogens with zero attached hydrogens (tertiary/aromatic N) is 2. The van der Waals surface area contributed by atoms with Gasteiger partial charge >= 0.3 is 0 Å². The molecule has 0 spiro atoms. The molecule has 0 radical (unpaired) electrons.